The fraction of sp³-hybridized carbons (Fsp3) is 0.250. The number of aryl methyl sites for hydroxylation is 1. The van der Waals surface area contributed by atoms with E-state index in [0.29, 0.717) is 25.2 Å². The van der Waals surface area contributed by atoms with Gasteiger partial charge in [-0.05, 0) is 61.9 Å². The second kappa shape index (κ2) is 6.64. The standard InChI is InChI=1S/C12H12Br2N4OS/c1-2-3-9-11(20-18-17-9)12(19)16-10-7(13)4-6(15)5-8(10)14/h4-5H,2-3,15H2,1H3,(H,16,19). The minimum absolute atomic E-state index is 0.213. The van der Waals surface area contributed by atoms with E-state index < -0.39 is 0 Å². The third-order valence-corrected chi connectivity index (χ3v) is 4.57. The molecule has 0 fully saturated rings. The van der Waals surface area contributed by atoms with Gasteiger partial charge in [0.15, 0.2) is 0 Å². The number of halogens is 2. The summed E-state index contributed by atoms with van der Waals surface area (Å²) in [6, 6.07) is 3.47. The van der Waals surface area contributed by atoms with Crippen LogP contribution in [0.1, 0.15) is 28.7 Å². The first-order valence-electron chi connectivity index (χ1n) is 5.90. The summed E-state index contributed by atoms with van der Waals surface area (Å²) < 4.78 is 5.28. The van der Waals surface area contributed by atoms with Crippen LogP contribution in [0.15, 0.2) is 21.1 Å². The van der Waals surface area contributed by atoms with Crippen molar-refractivity contribution in [3.8, 4) is 0 Å². The first kappa shape index (κ1) is 15.4. The van der Waals surface area contributed by atoms with Crippen molar-refractivity contribution < 1.29 is 4.79 Å². The number of nitrogens with zero attached hydrogens (tertiary/aromatic N) is 2. The number of nitrogen functional groups attached to an aromatic ring is 1. The van der Waals surface area contributed by atoms with E-state index in [2.05, 4.69) is 46.8 Å². The molecule has 0 bridgehead atoms. The summed E-state index contributed by atoms with van der Waals surface area (Å²) in [5.74, 6) is -0.213. The molecule has 0 aliphatic rings. The number of rotatable bonds is 4. The van der Waals surface area contributed by atoms with Crippen LogP contribution in [0.3, 0.4) is 0 Å². The van der Waals surface area contributed by atoms with Crippen molar-refractivity contribution in [1.82, 2.24) is 9.59 Å². The van der Waals surface area contributed by atoms with Gasteiger partial charge in [-0.2, -0.15) is 0 Å². The van der Waals surface area contributed by atoms with E-state index in [1.165, 1.54) is 0 Å². The number of nitrogens with two attached hydrogens (primary N) is 1. The highest BCUT2D eigenvalue weighted by Crippen LogP contribution is 2.34. The Bertz CT molecular complexity index is 621. The number of amides is 1. The van der Waals surface area contributed by atoms with E-state index in [-0.39, 0.29) is 5.91 Å². The number of aromatic nitrogens is 2. The van der Waals surface area contributed by atoms with Gasteiger partial charge in [-0.1, -0.05) is 17.8 Å². The Kier molecular flexibility index (Phi) is 5.11. The number of anilines is 2. The normalized spacial score (nSPS) is 10.6. The number of hydrogen-bond acceptors (Lipinski definition) is 5. The summed E-state index contributed by atoms with van der Waals surface area (Å²) in [6.07, 6.45) is 1.66. The first-order valence-corrected chi connectivity index (χ1v) is 8.26. The molecule has 0 spiro atoms. The molecule has 0 saturated carbocycles. The average molecular weight is 420 g/mol. The molecule has 2 rings (SSSR count). The number of benzene rings is 1. The average Bonchev–Trinajstić information content (AvgIpc) is 2.82. The Morgan fingerprint density at radius 3 is 2.65 bits per heavy atom. The number of hydrogen-bond donors (Lipinski definition) is 2. The smallest absolute Gasteiger partial charge is 0.269 e. The molecular formula is C12H12Br2N4OS. The number of nitrogens with one attached hydrogen (secondary N) is 1. The van der Waals surface area contributed by atoms with E-state index >= 15 is 0 Å². The van der Waals surface area contributed by atoms with Gasteiger partial charge < -0.3 is 11.1 Å². The molecule has 0 atom stereocenters. The maximum atomic E-state index is 12.3. The van der Waals surface area contributed by atoms with Gasteiger partial charge in [0.2, 0.25) is 0 Å². The summed E-state index contributed by atoms with van der Waals surface area (Å²) in [7, 11) is 0. The van der Waals surface area contributed by atoms with Crippen LogP contribution in [-0.2, 0) is 6.42 Å². The Morgan fingerprint density at radius 2 is 2.05 bits per heavy atom. The molecular weight excluding hydrogens is 408 g/mol. The molecule has 1 aromatic heterocycles. The van der Waals surface area contributed by atoms with Crippen LogP contribution in [0.2, 0.25) is 0 Å². The van der Waals surface area contributed by atoms with Gasteiger partial charge in [0.25, 0.3) is 5.91 Å². The van der Waals surface area contributed by atoms with Crippen LogP contribution in [0.5, 0.6) is 0 Å². The highest BCUT2D eigenvalue weighted by atomic mass is 79.9. The third-order valence-electron chi connectivity index (χ3n) is 2.55. The lowest BCUT2D eigenvalue weighted by Crippen LogP contribution is -2.13. The van der Waals surface area contributed by atoms with Crippen molar-refractivity contribution in [2.45, 2.75) is 19.8 Å². The predicted octanol–water partition coefficient (Wildman–Crippen LogP) is 3.85. The van der Waals surface area contributed by atoms with Crippen molar-refractivity contribution in [3.63, 3.8) is 0 Å². The zero-order valence-corrected chi connectivity index (χ0v) is 14.6. The van der Waals surface area contributed by atoms with Crippen LogP contribution in [0.25, 0.3) is 0 Å². The minimum atomic E-state index is -0.213. The molecule has 0 radical (unpaired) electrons. The van der Waals surface area contributed by atoms with Crippen molar-refractivity contribution >= 4 is 60.7 Å². The summed E-state index contributed by atoms with van der Waals surface area (Å²) in [5.41, 5.74) is 7.70. The van der Waals surface area contributed by atoms with E-state index in [0.717, 1.165) is 30.1 Å². The Hall–Kier alpha value is -0.990. The lowest BCUT2D eigenvalue weighted by atomic mass is 10.2. The minimum Gasteiger partial charge on any atom is -0.399 e. The van der Waals surface area contributed by atoms with Crippen LogP contribution in [0, 0.1) is 0 Å². The Balaban J connectivity index is 2.26. The van der Waals surface area contributed by atoms with Crippen molar-refractivity contribution in [3.05, 3.63) is 31.6 Å². The molecule has 8 heteroatoms. The molecule has 0 unspecified atom stereocenters. The third kappa shape index (κ3) is 3.36. The van der Waals surface area contributed by atoms with E-state index in [1.807, 2.05) is 6.92 Å². The molecule has 0 saturated heterocycles. The molecule has 0 aliphatic carbocycles. The maximum Gasteiger partial charge on any atom is 0.269 e. The summed E-state index contributed by atoms with van der Waals surface area (Å²) in [4.78, 5) is 12.9. The van der Waals surface area contributed by atoms with Crippen LogP contribution < -0.4 is 11.1 Å². The molecule has 3 N–H and O–H groups in total. The number of carbonyl (C=O) groups is 1. The zero-order valence-electron chi connectivity index (χ0n) is 10.6. The largest absolute Gasteiger partial charge is 0.399 e. The van der Waals surface area contributed by atoms with Gasteiger partial charge in [0, 0.05) is 14.6 Å². The zero-order chi connectivity index (χ0) is 14.7. The monoisotopic (exact) mass is 418 g/mol. The topological polar surface area (TPSA) is 80.9 Å². The molecule has 1 amide bonds. The lowest BCUT2D eigenvalue weighted by Gasteiger charge is -2.10. The second-order valence-corrected chi connectivity index (χ2v) is 6.58. The van der Waals surface area contributed by atoms with E-state index in [4.69, 9.17) is 5.73 Å². The predicted molar refractivity (Wildman–Crippen MR) is 88.1 cm³/mol. The fourth-order valence-corrected chi connectivity index (χ4v) is 3.69. The van der Waals surface area contributed by atoms with Crippen LogP contribution in [0.4, 0.5) is 11.4 Å². The van der Waals surface area contributed by atoms with Crippen LogP contribution >= 0.6 is 43.4 Å². The Morgan fingerprint density at radius 1 is 1.40 bits per heavy atom. The summed E-state index contributed by atoms with van der Waals surface area (Å²) in [6.45, 7) is 2.04. The maximum absolute atomic E-state index is 12.3. The van der Waals surface area contributed by atoms with E-state index in [9.17, 15) is 4.79 Å². The molecule has 1 heterocycles. The van der Waals surface area contributed by atoms with Gasteiger partial charge in [0.1, 0.15) is 4.88 Å². The highest BCUT2D eigenvalue weighted by Gasteiger charge is 2.18. The van der Waals surface area contributed by atoms with Crippen molar-refractivity contribution in [2.24, 2.45) is 0 Å². The van der Waals surface area contributed by atoms with Gasteiger partial charge in [-0.25, -0.2) is 0 Å². The van der Waals surface area contributed by atoms with E-state index in [1.54, 1.807) is 12.1 Å². The molecule has 2 aromatic rings. The number of carbonyl (C=O) groups excluding carboxylic acids is 1. The quantitative estimate of drug-likeness (QED) is 0.737. The van der Waals surface area contributed by atoms with Gasteiger partial charge in [-0.15, -0.1) is 5.10 Å². The SMILES string of the molecule is CCCc1nnsc1C(=O)Nc1c(Br)cc(N)cc1Br. The summed E-state index contributed by atoms with van der Waals surface area (Å²) in [5, 5.41) is 6.84. The second-order valence-electron chi connectivity index (χ2n) is 4.11. The highest BCUT2D eigenvalue weighted by molar-refractivity contribution is 9.11. The van der Waals surface area contributed by atoms with Crippen LogP contribution in [-0.4, -0.2) is 15.5 Å². The molecule has 20 heavy (non-hydrogen) atoms. The van der Waals surface area contributed by atoms with Crippen molar-refractivity contribution in [2.75, 3.05) is 11.1 Å². The lowest BCUT2D eigenvalue weighted by molar-refractivity contribution is 0.102. The van der Waals surface area contributed by atoms with Gasteiger partial charge in [0.05, 0.1) is 11.4 Å². The molecule has 5 nitrogen and oxygen atoms in total. The van der Waals surface area contributed by atoms with Gasteiger partial charge >= 0.3 is 0 Å². The summed E-state index contributed by atoms with van der Waals surface area (Å²) >= 11 is 7.88. The van der Waals surface area contributed by atoms with Gasteiger partial charge in [-0.3, -0.25) is 4.79 Å². The molecule has 0 aliphatic heterocycles. The fourth-order valence-electron chi connectivity index (χ4n) is 1.66. The Labute approximate surface area is 137 Å². The molecule has 1 aromatic carbocycles. The van der Waals surface area contributed by atoms with Crippen molar-refractivity contribution in [1.29, 1.82) is 0 Å². The first-order chi connectivity index (χ1) is 9.52. The molecule has 106 valence electrons.